The zero-order valence-corrected chi connectivity index (χ0v) is 20.9. The molecule has 0 radical (unpaired) electrons. The third-order valence-corrected chi connectivity index (χ3v) is 7.01. The van der Waals surface area contributed by atoms with E-state index < -0.39 is 6.10 Å². The zero-order chi connectivity index (χ0) is 24.7. The zero-order valence-electron chi connectivity index (χ0n) is 20.9. The Bertz CT molecular complexity index is 1160. The van der Waals surface area contributed by atoms with Crippen molar-refractivity contribution in [3.63, 3.8) is 0 Å². The normalized spacial score (nSPS) is 17.6. The van der Waals surface area contributed by atoms with E-state index in [0.29, 0.717) is 19.0 Å². The van der Waals surface area contributed by atoms with Crippen molar-refractivity contribution in [3.8, 4) is 22.6 Å². The maximum atomic E-state index is 11.5. The van der Waals surface area contributed by atoms with Gasteiger partial charge < -0.3 is 24.8 Å². The van der Waals surface area contributed by atoms with Gasteiger partial charge in [-0.1, -0.05) is 42.5 Å². The predicted octanol–water partition coefficient (Wildman–Crippen LogP) is 4.75. The second kappa shape index (κ2) is 11.6. The Labute approximate surface area is 213 Å². The largest absolute Gasteiger partial charge is 0.486 e. The molecule has 1 aromatic heterocycles. The summed E-state index contributed by atoms with van der Waals surface area (Å²) in [5.41, 5.74) is 5.43. The molecule has 0 saturated carbocycles. The van der Waals surface area contributed by atoms with Gasteiger partial charge in [0.05, 0.1) is 6.04 Å². The third-order valence-electron chi connectivity index (χ3n) is 7.01. The lowest BCUT2D eigenvalue weighted by Crippen LogP contribution is -2.44. The lowest BCUT2D eigenvalue weighted by atomic mass is 9.99. The number of likely N-dealkylation sites (tertiary alicyclic amines) is 1. The molecule has 2 aliphatic heterocycles. The number of hydrogen-bond acceptors (Lipinski definition) is 6. The van der Waals surface area contributed by atoms with Crippen LogP contribution in [-0.4, -0.2) is 53.9 Å². The van der Waals surface area contributed by atoms with E-state index in [-0.39, 0.29) is 6.04 Å². The summed E-state index contributed by atoms with van der Waals surface area (Å²) in [6, 6.07) is 18.3. The Kier molecular flexibility index (Phi) is 7.84. The summed E-state index contributed by atoms with van der Waals surface area (Å²) in [6.07, 6.45) is 8.32. The number of allylic oxidation sites excluding steroid dienone is 2. The molecule has 6 nitrogen and oxygen atoms in total. The number of nitrogens with one attached hydrogen (secondary N) is 1. The molecule has 0 bridgehead atoms. The van der Waals surface area contributed by atoms with E-state index in [1.54, 1.807) is 6.20 Å². The van der Waals surface area contributed by atoms with Crippen molar-refractivity contribution >= 4 is 0 Å². The van der Waals surface area contributed by atoms with Gasteiger partial charge in [-0.25, -0.2) is 0 Å². The first-order valence-electron chi connectivity index (χ1n) is 12.9. The van der Waals surface area contributed by atoms with Crippen molar-refractivity contribution < 1.29 is 14.6 Å². The molecular formula is C30H35N3O3. The molecule has 6 heteroatoms. The van der Waals surface area contributed by atoms with Crippen molar-refractivity contribution in [2.45, 2.75) is 38.3 Å². The van der Waals surface area contributed by atoms with Gasteiger partial charge in [0.15, 0.2) is 11.5 Å². The number of fused-ring (bicyclic) bond motifs is 1. The molecule has 3 aromatic rings. The van der Waals surface area contributed by atoms with Crippen molar-refractivity contribution in [2.24, 2.45) is 0 Å². The minimum Gasteiger partial charge on any atom is -0.486 e. The van der Waals surface area contributed by atoms with E-state index in [2.05, 4.69) is 58.5 Å². The van der Waals surface area contributed by atoms with E-state index in [1.165, 1.54) is 18.4 Å². The molecule has 0 amide bonds. The number of aliphatic hydroxyl groups excluding tert-OH is 1. The summed E-state index contributed by atoms with van der Waals surface area (Å²) >= 11 is 0. The van der Waals surface area contributed by atoms with Crippen LogP contribution in [0.25, 0.3) is 11.1 Å². The number of benzene rings is 2. The van der Waals surface area contributed by atoms with Gasteiger partial charge in [0.1, 0.15) is 19.3 Å². The van der Waals surface area contributed by atoms with E-state index in [1.807, 2.05) is 30.5 Å². The molecule has 1 saturated heterocycles. The molecule has 2 aromatic carbocycles. The monoisotopic (exact) mass is 485 g/mol. The van der Waals surface area contributed by atoms with E-state index in [4.69, 9.17) is 9.47 Å². The number of aliphatic hydroxyl groups is 1. The van der Waals surface area contributed by atoms with Crippen LogP contribution in [0, 0.1) is 0 Å². The fourth-order valence-electron chi connectivity index (χ4n) is 4.99. The third kappa shape index (κ3) is 5.89. The average molecular weight is 486 g/mol. The summed E-state index contributed by atoms with van der Waals surface area (Å²) < 4.78 is 11.4. The highest BCUT2D eigenvalue weighted by molar-refractivity contribution is 5.62. The quantitative estimate of drug-likeness (QED) is 0.456. The van der Waals surface area contributed by atoms with Gasteiger partial charge in [0, 0.05) is 31.1 Å². The highest BCUT2D eigenvalue weighted by Gasteiger charge is 2.27. The fraction of sp³-hybridized carbons (Fsp3) is 0.367. The smallest absolute Gasteiger partial charge is 0.161 e. The molecular weight excluding hydrogens is 450 g/mol. The molecule has 1 fully saturated rings. The van der Waals surface area contributed by atoms with Crippen LogP contribution in [0.4, 0.5) is 0 Å². The van der Waals surface area contributed by atoms with Crippen LogP contribution >= 0.6 is 0 Å². The summed E-state index contributed by atoms with van der Waals surface area (Å²) in [7, 11) is 0. The SMILES string of the molecule is CC=C(Cc1ccc(-c2cccnc2)cc1)N[C@H](CN1CCCC1)[C@H](O)c1ccc2c(c1)OCCO2. The topological polar surface area (TPSA) is 66.9 Å². The Balaban J connectivity index is 1.31. The molecule has 0 aliphatic carbocycles. The van der Waals surface area contributed by atoms with Gasteiger partial charge in [0.25, 0.3) is 0 Å². The fourth-order valence-corrected chi connectivity index (χ4v) is 4.99. The van der Waals surface area contributed by atoms with Gasteiger partial charge >= 0.3 is 0 Å². The number of nitrogens with zero attached hydrogens (tertiary/aromatic N) is 2. The van der Waals surface area contributed by atoms with Crippen molar-refractivity contribution in [1.82, 2.24) is 15.2 Å². The molecule has 2 atom stereocenters. The van der Waals surface area contributed by atoms with Crippen LogP contribution < -0.4 is 14.8 Å². The Morgan fingerprint density at radius 1 is 1.03 bits per heavy atom. The van der Waals surface area contributed by atoms with E-state index in [9.17, 15) is 5.11 Å². The number of ether oxygens (including phenoxy) is 2. The number of pyridine rings is 1. The molecule has 2 N–H and O–H groups in total. The van der Waals surface area contributed by atoms with Crippen LogP contribution in [0.2, 0.25) is 0 Å². The standard InChI is InChI=1S/C30H35N3O3/c1-2-26(18-22-7-9-23(10-8-22)25-6-5-13-31-20-25)32-27(21-33-14-3-4-15-33)30(34)24-11-12-28-29(19-24)36-17-16-35-28/h2,5-13,19-20,27,30,32,34H,3-4,14-18,21H2,1H3/t27-,30-/m1/s1. The Hall–Kier alpha value is -3.35. The molecule has 5 rings (SSSR count). The average Bonchev–Trinajstić information content (AvgIpc) is 3.45. The molecule has 0 spiro atoms. The number of aromatic nitrogens is 1. The summed E-state index contributed by atoms with van der Waals surface area (Å²) in [4.78, 5) is 6.66. The van der Waals surface area contributed by atoms with E-state index in [0.717, 1.165) is 54.2 Å². The van der Waals surface area contributed by atoms with Gasteiger partial charge in [-0.15, -0.1) is 0 Å². The maximum absolute atomic E-state index is 11.5. The second-order valence-electron chi connectivity index (χ2n) is 9.54. The first kappa shape index (κ1) is 24.3. The highest BCUT2D eigenvalue weighted by atomic mass is 16.6. The number of hydrogen-bond donors (Lipinski definition) is 2. The van der Waals surface area contributed by atoms with Crippen LogP contribution in [0.5, 0.6) is 11.5 Å². The Morgan fingerprint density at radius 2 is 1.81 bits per heavy atom. The van der Waals surface area contributed by atoms with Gasteiger partial charge in [-0.3, -0.25) is 4.98 Å². The van der Waals surface area contributed by atoms with Crippen LogP contribution in [0.1, 0.15) is 37.0 Å². The van der Waals surface area contributed by atoms with Crippen molar-refractivity contribution in [1.29, 1.82) is 0 Å². The number of rotatable bonds is 9. The lowest BCUT2D eigenvalue weighted by Gasteiger charge is -2.31. The summed E-state index contributed by atoms with van der Waals surface area (Å²) in [5.74, 6) is 1.45. The second-order valence-corrected chi connectivity index (χ2v) is 9.54. The van der Waals surface area contributed by atoms with Crippen LogP contribution in [0.15, 0.2) is 78.8 Å². The molecule has 188 valence electrons. The Morgan fingerprint density at radius 3 is 2.53 bits per heavy atom. The van der Waals surface area contributed by atoms with Crippen molar-refractivity contribution in [3.05, 3.63) is 89.9 Å². The van der Waals surface area contributed by atoms with Gasteiger partial charge in [-0.05, 0) is 73.3 Å². The van der Waals surface area contributed by atoms with Gasteiger partial charge in [0.2, 0.25) is 0 Å². The molecule has 3 heterocycles. The van der Waals surface area contributed by atoms with Crippen LogP contribution in [-0.2, 0) is 6.42 Å². The first-order valence-corrected chi connectivity index (χ1v) is 12.9. The molecule has 36 heavy (non-hydrogen) atoms. The summed E-state index contributed by atoms with van der Waals surface area (Å²) in [5, 5.41) is 15.2. The minimum absolute atomic E-state index is 0.147. The predicted molar refractivity (Wildman–Crippen MR) is 142 cm³/mol. The summed E-state index contributed by atoms with van der Waals surface area (Å²) in [6.45, 7) is 6.08. The highest BCUT2D eigenvalue weighted by Crippen LogP contribution is 2.34. The lowest BCUT2D eigenvalue weighted by molar-refractivity contribution is 0.110. The van der Waals surface area contributed by atoms with E-state index >= 15 is 0 Å². The maximum Gasteiger partial charge on any atom is 0.161 e. The minimum atomic E-state index is -0.677. The molecule has 0 unspecified atom stereocenters. The molecule has 2 aliphatic rings. The van der Waals surface area contributed by atoms with Crippen molar-refractivity contribution in [2.75, 3.05) is 32.8 Å². The van der Waals surface area contributed by atoms with Crippen LogP contribution in [0.3, 0.4) is 0 Å². The first-order chi connectivity index (χ1) is 17.7. The van der Waals surface area contributed by atoms with Gasteiger partial charge in [-0.2, -0.15) is 0 Å².